The molecule has 0 amide bonds. The van der Waals surface area contributed by atoms with Gasteiger partial charge < -0.3 is 10.3 Å². The number of nitrogens with zero attached hydrogens (tertiary/aromatic N) is 2. The lowest BCUT2D eigenvalue weighted by Crippen LogP contribution is -2.07. The molecule has 1 heterocycles. The number of hydrogen-bond acceptors (Lipinski definition) is 2. The first-order valence-corrected chi connectivity index (χ1v) is 4.53. The Bertz CT molecular complexity index is 462. The molecule has 0 saturated heterocycles. The van der Waals surface area contributed by atoms with Gasteiger partial charge in [-0.3, -0.25) is 0 Å². The molecule has 0 unspecified atom stereocenters. The highest BCUT2D eigenvalue weighted by Gasteiger charge is 2.06. The molecule has 0 fully saturated rings. The van der Waals surface area contributed by atoms with Gasteiger partial charge in [-0.05, 0) is 24.7 Å². The van der Waals surface area contributed by atoms with Gasteiger partial charge in [-0.1, -0.05) is 0 Å². The lowest BCUT2D eigenvalue weighted by Gasteiger charge is -1.99. The molecule has 0 radical (unpaired) electrons. The molecule has 3 nitrogen and oxygen atoms in total. The van der Waals surface area contributed by atoms with Gasteiger partial charge in [-0.15, -0.1) is 0 Å². The highest BCUT2D eigenvalue weighted by Crippen LogP contribution is 2.16. The molecular weight excluding hydrogens is 181 g/mol. The van der Waals surface area contributed by atoms with Crippen LogP contribution in [0.5, 0.6) is 0 Å². The quantitative estimate of drug-likeness (QED) is 0.779. The molecule has 74 valence electrons. The third-order valence-corrected chi connectivity index (χ3v) is 2.30. The van der Waals surface area contributed by atoms with E-state index < -0.39 is 0 Å². The maximum absolute atomic E-state index is 12.9. The Morgan fingerprint density at radius 2 is 2.29 bits per heavy atom. The van der Waals surface area contributed by atoms with Crippen LogP contribution in [-0.4, -0.2) is 16.1 Å². The Hall–Kier alpha value is -1.42. The molecule has 2 N–H and O–H groups in total. The number of fused-ring (bicyclic) bond motifs is 1. The predicted molar refractivity (Wildman–Crippen MR) is 53.4 cm³/mol. The molecule has 2 rings (SSSR count). The molecule has 0 aliphatic heterocycles. The van der Waals surface area contributed by atoms with Gasteiger partial charge in [-0.25, -0.2) is 9.37 Å². The van der Waals surface area contributed by atoms with Crippen molar-refractivity contribution in [2.45, 2.75) is 6.42 Å². The number of aryl methyl sites for hydroxylation is 1. The van der Waals surface area contributed by atoms with E-state index in [0.717, 1.165) is 16.9 Å². The average molecular weight is 193 g/mol. The summed E-state index contributed by atoms with van der Waals surface area (Å²) in [7, 11) is 1.87. The number of halogens is 1. The standard InChI is InChI=1S/C10H12FN3/c1-14-9-6-7(11)2-3-8(9)13-10(14)4-5-12/h2-3,6H,4-5,12H2,1H3. The fourth-order valence-corrected chi connectivity index (χ4v) is 1.57. The van der Waals surface area contributed by atoms with Gasteiger partial charge in [0.2, 0.25) is 0 Å². The van der Waals surface area contributed by atoms with Crippen molar-refractivity contribution >= 4 is 11.0 Å². The zero-order valence-corrected chi connectivity index (χ0v) is 8.00. The molecule has 1 aromatic heterocycles. The Morgan fingerprint density at radius 1 is 1.50 bits per heavy atom. The van der Waals surface area contributed by atoms with Crippen molar-refractivity contribution in [2.75, 3.05) is 6.54 Å². The molecule has 0 bridgehead atoms. The van der Waals surface area contributed by atoms with E-state index in [1.807, 2.05) is 11.6 Å². The first-order chi connectivity index (χ1) is 6.72. The number of benzene rings is 1. The van der Waals surface area contributed by atoms with Crippen molar-refractivity contribution in [1.29, 1.82) is 0 Å². The topological polar surface area (TPSA) is 43.8 Å². The summed E-state index contributed by atoms with van der Waals surface area (Å²) in [6.45, 7) is 0.555. The van der Waals surface area contributed by atoms with Crippen molar-refractivity contribution in [2.24, 2.45) is 12.8 Å². The fourth-order valence-electron chi connectivity index (χ4n) is 1.57. The van der Waals surface area contributed by atoms with E-state index in [4.69, 9.17) is 5.73 Å². The van der Waals surface area contributed by atoms with Crippen LogP contribution in [0.2, 0.25) is 0 Å². The zero-order valence-electron chi connectivity index (χ0n) is 8.00. The first kappa shape index (κ1) is 9.15. The van der Waals surface area contributed by atoms with Crippen LogP contribution in [0.25, 0.3) is 11.0 Å². The zero-order chi connectivity index (χ0) is 10.1. The molecule has 0 atom stereocenters. The van der Waals surface area contributed by atoms with Crippen molar-refractivity contribution in [3.05, 3.63) is 29.8 Å². The minimum Gasteiger partial charge on any atom is -0.331 e. The summed E-state index contributed by atoms with van der Waals surface area (Å²) in [5, 5.41) is 0. The number of imidazole rings is 1. The van der Waals surface area contributed by atoms with Crippen LogP contribution in [-0.2, 0) is 13.5 Å². The van der Waals surface area contributed by atoms with E-state index >= 15 is 0 Å². The highest BCUT2D eigenvalue weighted by molar-refractivity contribution is 5.75. The number of nitrogens with two attached hydrogens (primary N) is 1. The normalized spacial score (nSPS) is 11.1. The van der Waals surface area contributed by atoms with E-state index in [1.165, 1.54) is 12.1 Å². The summed E-state index contributed by atoms with van der Waals surface area (Å²) in [5.41, 5.74) is 7.08. The second-order valence-corrected chi connectivity index (χ2v) is 3.26. The summed E-state index contributed by atoms with van der Waals surface area (Å²) in [6.07, 6.45) is 0.715. The molecule has 1 aromatic carbocycles. The summed E-state index contributed by atoms with van der Waals surface area (Å²) < 4.78 is 14.8. The van der Waals surface area contributed by atoms with Crippen LogP contribution >= 0.6 is 0 Å². The minimum absolute atomic E-state index is 0.236. The second-order valence-electron chi connectivity index (χ2n) is 3.26. The van der Waals surface area contributed by atoms with Crippen molar-refractivity contribution in [3.8, 4) is 0 Å². The first-order valence-electron chi connectivity index (χ1n) is 4.53. The molecule has 14 heavy (non-hydrogen) atoms. The predicted octanol–water partition coefficient (Wildman–Crippen LogP) is 1.21. The van der Waals surface area contributed by atoms with Crippen LogP contribution < -0.4 is 5.73 Å². The molecule has 0 aliphatic carbocycles. The molecular formula is C10H12FN3. The number of rotatable bonds is 2. The van der Waals surface area contributed by atoms with Gasteiger partial charge in [0.25, 0.3) is 0 Å². The largest absolute Gasteiger partial charge is 0.331 e. The van der Waals surface area contributed by atoms with Gasteiger partial charge in [0.1, 0.15) is 11.6 Å². The van der Waals surface area contributed by atoms with Crippen LogP contribution in [0.1, 0.15) is 5.82 Å². The van der Waals surface area contributed by atoms with Gasteiger partial charge in [-0.2, -0.15) is 0 Å². The van der Waals surface area contributed by atoms with Crippen LogP contribution in [0.15, 0.2) is 18.2 Å². The van der Waals surface area contributed by atoms with Crippen molar-refractivity contribution in [3.63, 3.8) is 0 Å². The second kappa shape index (κ2) is 3.38. The highest BCUT2D eigenvalue weighted by atomic mass is 19.1. The Kier molecular flexibility index (Phi) is 2.21. The van der Waals surface area contributed by atoms with E-state index in [-0.39, 0.29) is 5.82 Å². The third-order valence-electron chi connectivity index (χ3n) is 2.30. The molecule has 0 aliphatic rings. The Morgan fingerprint density at radius 3 is 3.00 bits per heavy atom. The number of hydrogen-bond donors (Lipinski definition) is 1. The monoisotopic (exact) mass is 193 g/mol. The van der Waals surface area contributed by atoms with Gasteiger partial charge in [0, 0.05) is 13.5 Å². The molecule has 2 aromatic rings. The van der Waals surface area contributed by atoms with Gasteiger partial charge in [0.15, 0.2) is 0 Å². The van der Waals surface area contributed by atoms with E-state index in [1.54, 1.807) is 6.07 Å². The lowest BCUT2D eigenvalue weighted by molar-refractivity contribution is 0.628. The third kappa shape index (κ3) is 1.37. The van der Waals surface area contributed by atoms with E-state index in [9.17, 15) is 4.39 Å². The van der Waals surface area contributed by atoms with Crippen LogP contribution in [0.4, 0.5) is 4.39 Å². The maximum Gasteiger partial charge on any atom is 0.125 e. The van der Waals surface area contributed by atoms with Crippen LogP contribution in [0, 0.1) is 5.82 Å². The molecule has 0 spiro atoms. The average Bonchev–Trinajstić information content (AvgIpc) is 2.46. The SMILES string of the molecule is Cn1c(CCN)nc2ccc(F)cc21. The Labute approximate surface area is 81.4 Å². The molecule has 4 heteroatoms. The minimum atomic E-state index is -0.236. The summed E-state index contributed by atoms with van der Waals surface area (Å²) >= 11 is 0. The lowest BCUT2D eigenvalue weighted by atomic mass is 10.3. The number of aromatic nitrogens is 2. The van der Waals surface area contributed by atoms with Crippen molar-refractivity contribution < 1.29 is 4.39 Å². The smallest absolute Gasteiger partial charge is 0.125 e. The fraction of sp³-hybridized carbons (Fsp3) is 0.300. The van der Waals surface area contributed by atoms with Gasteiger partial charge >= 0.3 is 0 Å². The maximum atomic E-state index is 12.9. The van der Waals surface area contributed by atoms with Crippen LogP contribution in [0.3, 0.4) is 0 Å². The summed E-state index contributed by atoms with van der Waals surface area (Å²) in [6, 6.07) is 4.59. The summed E-state index contributed by atoms with van der Waals surface area (Å²) in [5.74, 6) is 0.660. The van der Waals surface area contributed by atoms with Crippen molar-refractivity contribution in [1.82, 2.24) is 9.55 Å². The summed E-state index contributed by atoms with van der Waals surface area (Å²) in [4.78, 5) is 4.36. The van der Waals surface area contributed by atoms with Gasteiger partial charge in [0.05, 0.1) is 11.0 Å². The van der Waals surface area contributed by atoms with E-state index in [0.29, 0.717) is 13.0 Å². The van der Waals surface area contributed by atoms with E-state index in [2.05, 4.69) is 4.98 Å². The molecule has 0 saturated carbocycles. The Balaban J connectivity index is 2.62.